The third kappa shape index (κ3) is 8.32. The van der Waals surface area contributed by atoms with E-state index in [0.29, 0.717) is 6.42 Å². The SMILES string of the molecule is Cc1ccc(CCCC(=O)NCC(O)CCC(N)C(=O)O)cc1. The maximum absolute atomic E-state index is 11.7. The number of carboxylic acids is 1. The van der Waals surface area contributed by atoms with Crippen LogP contribution in [0.4, 0.5) is 0 Å². The van der Waals surface area contributed by atoms with Crippen LogP contribution in [0.5, 0.6) is 0 Å². The van der Waals surface area contributed by atoms with Crippen LogP contribution in [0.15, 0.2) is 24.3 Å². The van der Waals surface area contributed by atoms with E-state index in [2.05, 4.69) is 17.4 Å². The number of aliphatic carboxylic acids is 1. The highest BCUT2D eigenvalue weighted by atomic mass is 16.4. The topological polar surface area (TPSA) is 113 Å². The number of hydrogen-bond donors (Lipinski definition) is 4. The molecule has 1 amide bonds. The van der Waals surface area contributed by atoms with Crippen molar-refractivity contribution in [1.82, 2.24) is 5.32 Å². The molecule has 0 spiro atoms. The molecule has 128 valence electrons. The van der Waals surface area contributed by atoms with E-state index in [1.165, 1.54) is 11.1 Å². The molecule has 2 unspecified atom stereocenters. The molecule has 0 aromatic heterocycles. The minimum absolute atomic E-state index is 0.112. The number of aliphatic hydroxyl groups excluding tert-OH is 1. The van der Waals surface area contributed by atoms with Crippen molar-refractivity contribution in [1.29, 1.82) is 0 Å². The zero-order valence-electron chi connectivity index (χ0n) is 13.5. The monoisotopic (exact) mass is 322 g/mol. The van der Waals surface area contributed by atoms with Crippen molar-refractivity contribution >= 4 is 11.9 Å². The third-order valence-corrected chi connectivity index (χ3v) is 3.65. The van der Waals surface area contributed by atoms with E-state index in [1.807, 2.05) is 19.1 Å². The van der Waals surface area contributed by atoms with Gasteiger partial charge in [0.05, 0.1) is 6.10 Å². The average Bonchev–Trinajstić information content (AvgIpc) is 2.52. The Morgan fingerprint density at radius 1 is 1.22 bits per heavy atom. The zero-order valence-corrected chi connectivity index (χ0v) is 13.5. The van der Waals surface area contributed by atoms with Crippen molar-refractivity contribution in [2.24, 2.45) is 5.73 Å². The summed E-state index contributed by atoms with van der Waals surface area (Å²) in [5.74, 6) is -1.20. The molecule has 6 heteroatoms. The number of hydrogen-bond acceptors (Lipinski definition) is 4. The van der Waals surface area contributed by atoms with Gasteiger partial charge in [0.2, 0.25) is 5.91 Å². The molecule has 0 aliphatic carbocycles. The number of nitrogens with one attached hydrogen (secondary N) is 1. The fourth-order valence-corrected chi connectivity index (χ4v) is 2.13. The molecule has 0 aliphatic heterocycles. The van der Waals surface area contributed by atoms with E-state index in [-0.39, 0.29) is 25.3 Å². The molecular weight excluding hydrogens is 296 g/mol. The summed E-state index contributed by atoms with van der Waals surface area (Å²) < 4.78 is 0. The van der Waals surface area contributed by atoms with Crippen LogP contribution in [-0.2, 0) is 16.0 Å². The van der Waals surface area contributed by atoms with Gasteiger partial charge in [0.1, 0.15) is 6.04 Å². The lowest BCUT2D eigenvalue weighted by atomic mass is 10.1. The first-order valence-electron chi connectivity index (χ1n) is 7.87. The van der Waals surface area contributed by atoms with Crippen LogP contribution in [0.25, 0.3) is 0 Å². The molecule has 1 aromatic rings. The van der Waals surface area contributed by atoms with Crippen molar-refractivity contribution in [2.75, 3.05) is 6.54 Å². The Balaban J connectivity index is 2.14. The number of amides is 1. The van der Waals surface area contributed by atoms with Crippen LogP contribution in [0.1, 0.15) is 36.8 Å². The van der Waals surface area contributed by atoms with E-state index < -0.39 is 18.1 Å². The van der Waals surface area contributed by atoms with Crippen LogP contribution in [0.2, 0.25) is 0 Å². The Morgan fingerprint density at radius 3 is 2.48 bits per heavy atom. The highest BCUT2D eigenvalue weighted by Gasteiger charge is 2.14. The third-order valence-electron chi connectivity index (χ3n) is 3.65. The summed E-state index contributed by atoms with van der Waals surface area (Å²) in [6.45, 7) is 2.15. The first-order valence-corrected chi connectivity index (χ1v) is 7.87. The summed E-state index contributed by atoms with van der Waals surface area (Å²) in [6.07, 6.45) is 1.63. The predicted molar refractivity (Wildman–Crippen MR) is 88.0 cm³/mol. The lowest BCUT2D eigenvalue weighted by Crippen LogP contribution is -2.35. The number of rotatable bonds is 10. The highest BCUT2D eigenvalue weighted by molar-refractivity contribution is 5.75. The number of carbonyl (C=O) groups excluding carboxylic acids is 1. The summed E-state index contributed by atoms with van der Waals surface area (Å²) >= 11 is 0. The lowest BCUT2D eigenvalue weighted by molar-refractivity contribution is -0.138. The van der Waals surface area contributed by atoms with Gasteiger partial charge in [-0.25, -0.2) is 0 Å². The van der Waals surface area contributed by atoms with Gasteiger partial charge in [-0.05, 0) is 38.2 Å². The largest absolute Gasteiger partial charge is 0.480 e. The van der Waals surface area contributed by atoms with Crippen LogP contribution >= 0.6 is 0 Å². The standard InChI is InChI=1S/C17H26N2O4/c1-12-5-7-13(8-6-12)3-2-4-16(21)19-11-14(20)9-10-15(18)17(22)23/h5-8,14-15,20H,2-4,9-11,18H2,1H3,(H,19,21)(H,22,23). The maximum atomic E-state index is 11.7. The summed E-state index contributed by atoms with van der Waals surface area (Å²) in [5.41, 5.74) is 7.76. The van der Waals surface area contributed by atoms with Gasteiger partial charge in [-0.3, -0.25) is 9.59 Å². The van der Waals surface area contributed by atoms with Crippen molar-refractivity contribution in [2.45, 2.75) is 51.2 Å². The van der Waals surface area contributed by atoms with Crippen LogP contribution in [-0.4, -0.2) is 40.8 Å². The summed E-state index contributed by atoms with van der Waals surface area (Å²) in [6, 6.07) is 7.24. The van der Waals surface area contributed by atoms with Crippen LogP contribution in [0.3, 0.4) is 0 Å². The number of carboxylic acid groups (broad SMARTS) is 1. The molecule has 1 rings (SSSR count). The summed E-state index contributed by atoms with van der Waals surface area (Å²) in [5, 5.41) is 21.0. The van der Waals surface area contributed by atoms with Gasteiger partial charge < -0.3 is 21.3 Å². The Labute approximate surface area is 136 Å². The molecule has 0 saturated heterocycles. The lowest BCUT2D eigenvalue weighted by Gasteiger charge is -2.13. The minimum Gasteiger partial charge on any atom is -0.480 e. The molecule has 0 fully saturated rings. The van der Waals surface area contributed by atoms with Gasteiger partial charge >= 0.3 is 5.97 Å². The Morgan fingerprint density at radius 2 is 1.87 bits per heavy atom. The van der Waals surface area contributed by atoms with Crippen molar-refractivity contribution in [3.63, 3.8) is 0 Å². The average molecular weight is 322 g/mol. The first kappa shape index (κ1) is 19.1. The molecule has 0 radical (unpaired) electrons. The minimum atomic E-state index is -1.09. The van der Waals surface area contributed by atoms with Gasteiger partial charge in [0.15, 0.2) is 0 Å². The number of benzene rings is 1. The Kier molecular flexibility index (Phi) is 8.29. The zero-order chi connectivity index (χ0) is 17.2. The number of carbonyl (C=O) groups is 2. The van der Waals surface area contributed by atoms with Crippen LogP contribution < -0.4 is 11.1 Å². The fourth-order valence-electron chi connectivity index (χ4n) is 2.13. The second kappa shape index (κ2) is 9.97. The van der Waals surface area contributed by atoms with E-state index in [9.17, 15) is 14.7 Å². The summed E-state index contributed by atoms with van der Waals surface area (Å²) in [4.78, 5) is 22.3. The molecule has 0 heterocycles. The quantitative estimate of drug-likeness (QED) is 0.513. The molecule has 23 heavy (non-hydrogen) atoms. The highest BCUT2D eigenvalue weighted by Crippen LogP contribution is 2.07. The van der Waals surface area contributed by atoms with E-state index in [4.69, 9.17) is 10.8 Å². The number of aliphatic hydroxyl groups is 1. The number of nitrogens with two attached hydrogens (primary N) is 1. The van der Waals surface area contributed by atoms with Gasteiger partial charge in [-0.15, -0.1) is 0 Å². The molecule has 2 atom stereocenters. The number of aryl methyl sites for hydroxylation is 2. The van der Waals surface area contributed by atoms with E-state index >= 15 is 0 Å². The Bertz CT molecular complexity index is 502. The second-order valence-electron chi connectivity index (χ2n) is 5.82. The first-order chi connectivity index (χ1) is 10.9. The summed E-state index contributed by atoms with van der Waals surface area (Å²) in [7, 11) is 0. The van der Waals surface area contributed by atoms with Crippen molar-refractivity contribution < 1.29 is 19.8 Å². The Hall–Kier alpha value is -1.92. The van der Waals surface area contributed by atoms with Gasteiger partial charge in [-0.1, -0.05) is 29.8 Å². The van der Waals surface area contributed by atoms with Gasteiger partial charge in [0, 0.05) is 13.0 Å². The molecule has 1 aromatic carbocycles. The van der Waals surface area contributed by atoms with Crippen molar-refractivity contribution in [3.05, 3.63) is 35.4 Å². The van der Waals surface area contributed by atoms with E-state index in [1.54, 1.807) is 0 Å². The predicted octanol–water partition coefficient (Wildman–Crippen LogP) is 0.987. The normalized spacial score (nSPS) is 13.3. The molecule has 0 bridgehead atoms. The molecule has 6 nitrogen and oxygen atoms in total. The van der Waals surface area contributed by atoms with Gasteiger partial charge in [0.25, 0.3) is 0 Å². The fraction of sp³-hybridized carbons (Fsp3) is 0.529. The maximum Gasteiger partial charge on any atom is 0.320 e. The molecule has 0 aliphatic rings. The van der Waals surface area contributed by atoms with E-state index in [0.717, 1.165) is 12.8 Å². The molecule has 5 N–H and O–H groups in total. The van der Waals surface area contributed by atoms with Crippen molar-refractivity contribution in [3.8, 4) is 0 Å². The second-order valence-corrected chi connectivity index (χ2v) is 5.82. The molecular formula is C17H26N2O4. The smallest absolute Gasteiger partial charge is 0.320 e. The van der Waals surface area contributed by atoms with Crippen LogP contribution in [0, 0.1) is 6.92 Å². The van der Waals surface area contributed by atoms with Gasteiger partial charge in [-0.2, -0.15) is 0 Å². The molecule has 0 saturated carbocycles.